The Bertz CT molecular complexity index is 1190. The predicted octanol–water partition coefficient (Wildman–Crippen LogP) is 4.55. The Morgan fingerprint density at radius 1 is 1.22 bits per heavy atom. The van der Waals surface area contributed by atoms with Crippen molar-refractivity contribution in [3.8, 4) is 0 Å². The normalized spacial score (nSPS) is 21.7. The van der Waals surface area contributed by atoms with Gasteiger partial charge in [-0.15, -0.1) is 0 Å². The van der Waals surface area contributed by atoms with Gasteiger partial charge in [0.25, 0.3) is 5.91 Å². The number of halogens is 1. The largest absolute Gasteiger partial charge is 0.460 e. The third-order valence-corrected chi connectivity index (χ3v) is 6.90. The molecule has 168 valence electrons. The molecular weight excluding hydrogens is 409 g/mol. The Kier molecular flexibility index (Phi) is 5.07. The molecule has 0 radical (unpaired) electrons. The summed E-state index contributed by atoms with van der Waals surface area (Å²) in [5.74, 6) is -0.0299. The molecule has 2 amide bonds. The molecule has 1 N–H and O–H groups in total. The van der Waals surface area contributed by atoms with Crippen molar-refractivity contribution in [2.24, 2.45) is 0 Å². The molecule has 2 aromatic heterocycles. The van der Waals surface area contributed by atoms with Crippen LogP contribution in [-0.4, -0.2) is 32.9 Å². The first-order chi connectivity index (χ1) is 15.3. The van der Waals surface area contributed by atoms with Crippen molar-refractivity contribution in [3.05, 3.63) is 59.2 Å². The van der Waals surface area contributed by atoms with Crippen LogP contribution in [0.15, 0.2) is 40.8 Å². The van der Waals surface area contributed by atoms with Gasteiger partial charge < -0.3 is 19.2 Å². The molecule has 6 nitrogen and oxygen atoms in total. The highest BCUT2D eigenvalue weighted by atomic mass is 19.1. The van der Waals surface area contributed by atoms with Crippen molar-refractivity contribution in [2.75, 3.05) is 0 Å². The number of amides is 2. The van der Waals surface area contributed by atoms with Crippen LogP contribution in [0.5, 0.6) is 0 Å². The lowest BCUT2D eigenvalue weighted by Crippen LogP contribution is -2.64. The monoisotopic (exact) mass is 437 g/mol. The number of fused-ring (bicyclic) bond motifs is 3. The van der Waals surface area contributed by atoms with Gasteiger partial charge in [0.1, 0.15) is 22.8 Å². The molecule has 32 heavy (non-hydrogen) atoms. The van der Waals surface area contributed by atoms with Crippen LogP contribution in [0.25, 0.3) is 11.1 Å². The minimum absolute atomic E-state index is 0.126. The lowest BCUT2D eigenvalue weighted by atomic mass is 9.91. The number of hydrogen-bond donors (Lipinski definition) is 1. The number of aromatic nitrogens is 1. The van der Waals surface area contributed by atoms with Gasteiger partial charge in [-0.3, -0.25) is 9.59 Å². The summed E-state index contributed by atoms with van der Waals surface area (Å²) in [6.07, 6.45) is 5.31. The summed E-state index contributed by atoms with van der Waals surface area (Å²) in [7, 11) is 0. The van der Waals surface area contributed by atoms with Crippen molar-refractivity contribution < 1.29 is 18.4 Å². The zero-order chi connectivity index (χ0) is 22.5. The van der Waals surface area contributed by atoms with Gasteiger partial charge >= 0.3 is 0 Å². The van der Waals surface area contributed by atoms with Gasteiger partial charge in [-0.2, -0.15) is 0 Å². The third kappa shape index (κ3) is 3.49. The first-order valence-electron chi connectivity index (χ1n) is 11.3. The van der Waals surface area contributed by atoms with Crippen molar-refractivity contribution in [1.29, 1.82) is 0 Å². The van der Waals surface area contributed by atoms with Gasteiger partial charge in [0.05, 0.1) is 12.1 Å². The minimum Gasteiger partial charge on any atom is -0.460 e. The topological polar surface area (TPSA) is 67.5 Å². The van der Waals surface area contributed by atoms with Crippen molar-refractivity contribution in [3.63, 3.8) is 0 Å². The van der Waals surface area contributed by atoms with Gasteiger partial charge in [0.15, 0.2) is 5.58 Å². The van der Waals surface area contributed by atoms with Crippen LogP contribution in [0.1, 0.15) is 60.8 Å². The second kappa shape index (κ2) is 7.80. The van der Waals surface area contributed by atoms with E-state index in [1.165, 1.54) is 18.6 Å². The lowest BCUT2D eigenvalue weighted by Gasteiger charge is -2.44. The summed E-state index contributed by atoms with van der Waals surface area (Å²) >= 11 is 0. The molecule has 0 saturated heterocycles. The van der Waals surface area contributed by atoms with Crippen LogP contribution in [-0.2, 0) is 17.9 Å². The Hall–Kier alpha value is -3.09. The maximum Gasteiger partial charge on any atom is 0.271 e. The fourth-order valence-electron chi connectivity index (χ4n) is 5.11. The van der Waals surface area contributed by atoms with Crippen molar-refractivity contribution in [2.45, 2.75) is 70.6 Å². The van der Waals surface area contributed by atoms with E-state index in [1.807, 2.05) is 24.5 Å². The van der Waals surface area contributed by atoms with Gasteiger partial charge in [-0.1, -0.05) is 31.4 Å². The van der Waals surface area contributed by atoms with Gasteiger partial charge in [0, 0.05) is 24.7 Å². The summed E-state index contributed by atoms with van der Waals surface area (Å²) in [5.41, 5.74) is 1.46. The lowest BCUT2D eigenvalue weighted by molar-refractivity contribution is -0.134. The Labute approximate surface area is 186 Å². The summed E-state index contributed by atoms with van der Waals surface area (Å²) in [4.78, 5) is 28.9. The van der Waals surface area contributed by atoms with Crippen molar-refractivity contribution >= 4 is 22.9 Å². The average molecular weight is 438 g/mol. The smallest absolute Gasteiger partial charge is 0.271 e. The number of furan rings is 1. The predicted molar refractivity (Wildman–Crippen MR) is 119 cm³/mol. The molecule has 0 bridgehead atoms. The first-order valence-corrected chi connectivity index (χ1v) is 11.3. The summed E-state index contributed by atoms with van der Waals surface area (Å²) in [6, 6.07) is 9.95. The van der Waals surface area contributed by atoms with Crippen LogP contribution in [0.2, 0.25) is 0 Å². The highest BCUT2D eigenvalue weighted by Gasteiger charge is 2.48. The number of hydrogen-bond acceptors (Lipinski definition) is 3. The number of rotatable bonds is 4. The molecule has 1 aliphatic heterocycles. The zero-order valence-electron chi connectivity index (χ0n) is 18.5. The Morgan fingerprint density at radius 3 is 2.75 bits per heavy atom. The van der Waals surface area contributed by atoms with E-state index >= 15 is 0 Å². The van der Waals surface area contributed by atoms with Gasteiger partial charge in [0.2, 0.25) is 5.91 Å². The molecule has 1 fully saturated rings. The molecule has 1 unspecified atom stereocenters. The molecule has 1 aromatic carbocycles. The maximum absolute atomic E-state index is 13.9. The molecular formula is C25H28FN3O3. The van der Waals surface area contributed by atoms with Crippen molar-refractivity contribution in [1.82, 2.24) is 14.8 Å². The highest BCUT2D eigenvalue weighted by molar-refractivity contribution is 6.03. The number of nitrogens with one attached hydrogen (secondary N) is 1. The first kappa shape index (κ1) is 20.8. The van der Waals surface area contributed by atoms with Crippen LogP contribution in [0.4, 0.5) is 4.39 Å². The molecule has 3 aromatic rings. The van der Waals surface area contributed by atoms with E-state index in [2.05, 4.69) is 5.32 Å². The van der Waals surface area contributed by atoms with Crippen LogP contribution >= 0.6 is 0 Å². The molecule has 1 aliphatic carbocycles. The zero-order valence-corrected chi connectivity index (χ0v) is 18.5. The SMILES string of the molecule is Cc1cc2c(cc3n2CC(C)(C(=O)NC2CCCCC2)N(Cc2cccc(F)c2)C3=O)o1. The Balaban J connectivity index is 1.54. The molecule has 1 atom stereocenters. The quantitative estimate of drug-likeness (QED) is 0.651. The van der Waals surface area contributed by atoms with Crippen LogP contribution < -0.4 is 5.32 Å². The molecule has 3 heterocycles. The van der Waals surface area contributed by atoms with E-state index in [-0.39, 0.29) is 30.2 Å². The fourth-order valence-corrected chi connectivity index (χ4v) is 5.11. The fraction of sp³-hybridized carbons (Fsp3) is 0.440. The molecule has 1 saturated carbocycles. The number of aryl methyl sites for hydroxylation is 1. The van der Waals surface area contributed by atoms with E-state index < -0.39 is 5.54 Å². The summed E-state index contributed by atoms with van der Waals surface area (Å²) < 4.78 is 21.5. The van der Waals surface area contributed by atoms with E-state index in [4.69, 9.17) is 4.42 Å². The Morgan fingerprint density at radius 2 is 2.00 bits per heavy atom. The minimum atomic E-state index is -1.12. The summed E-state index contributed by atoms with van der Waals surface area (Å²) in [5, 5.41) is 3.21. The second-order valence-corrected chi connectivity index (χ2v) is 9.33. The molecule has 2 aliphatic rings. The van der Waals surface area contributed by atoms with Crippen LogP contribution in [0.3, 0.4) is 0 Å². The number of carbonyl (C=O) groups is 2. The van der Waals surface area contributed by atoms with E-state index in [9.17, 15) is 14.0 Å². The number of benzene rings is 1. The van der Waals surface area contributed by atoms with E-state index in [0.717, 1.165) is 37.0 Å². The van der Waals surface area contributed by atoms with E-state index in [1.54, 1.807) is 23.1 Å². The van der Waals surface area contributed by atoms with Gasteiger partial charge in [-0.05, 0) is 44.4 Å². The maximum atomic E-state index is 13.9. The third-order valence-electron chi connectivity index (χ3n) is 6.90. The average Bonchev–Trinajstić information content (AvgIpc) is 3.28. The number of carbonyl (C=O) groups excluding carboxylic acids is 2. The molecule has 0 spiro atoms. The molecule has 7 heteroatoms. The van der Waals surface area contributed by atoms with Crippen LogP contribution in [0, 0.1) is 12.7 Å². The highest BCUT2D eigenvalue weighted by Crippen LogP contribution is 2.35. The number of nitrogens with zero attached hydrogens (tertiary/aromatic N) is 2. The summed E-state index contributed by atoms with van der Waals surface area (Å²) in [6.45, 7) is 4.13. The molecule has 5 rings (SSSR count). The van der Waals surface area contributed by atoms with E-state index in [0.29, 0.717) is 23.4 Å². The standard InChI is InChI=1S/C25H28FN3O3/c1-16-11-20-22(32-16)13-21-23(30)29(14-17-7-6-8-18(26)12-17)25(2,15-28(20)21)24(31)27-19-9-4-3-5-10-19/h6-8,11-13,19H,3-5,9-10,14-15H2,1-2H3,(H,27,31). The second-order valence-electron chi connectivity index (χ2n) is 9.33. The van der Waals surface area contributed by atoms with Gasteiger partial charge in [-0.25, -0.2) is 4.39 Å².